The van der Waals surface area contributed by atoms with Gasteiger partial charge in [0.05, 0.1) is 16.8 Å². The van der Waals surface area contributed by atoms with Gasteiger partial charge in [-0.05, 0) is 44.4 Å². The van der Waals surface area contributed by atoms with E-state index in [1.807, 2.05) is 25.1 Å². The zero-order chi connectivity index (χ0) is 23.3. The lowest BCUT2D eigenvalue weighted by atomic mass is 9.95. The summed E-state index contributed by atoms with van der Waals surface area (Å²) in [6.45, 7) is 3.07. The van der Waals surface area contributed by atoms with E-state index in [1.54, 1.807) is 6.08 Å². The molecule has 8 heteroatoms. The number of fused-ring (bicyclic) bond motifs is 1. The number of nitrogens with one attached hydrogen (secondary N) is 2. The maximum Gasteiger partial charge on any atom is 0.405 e. The Hall–Kier alpha value is -2.92. The normalized spacial score (nSPS) is 17.1. The number of aromatic nitrogens is 1. The SMILES string of the molecule is Cc1ccc2c(C#N)c(C/C=C\C(=C/N)NN[C@@H](C)C(F)(F)F)n(C3CCCCC3)c2c1. The molecule has 2 aromatic rings. The Morgan fingerprint density at radius 3 is 2.66 bits per heavy atom. The van der Waals surface area contributed by atoms with Gasteiger partial charge in [-0.15, -0.1) is 0 Å². The first-order valence-electron chi connectivity index (χ1n) is 11.0. The average Bonchev–Trinajstić information content (AvgIpc) is 3.07. The van der Waals surface area contributed by atoms with Crippen molar-refractivity contribution in [3.8, 4) is 6.07 Å². The maximum atomic E-state index is 12.7. The van der Waals surface area contributed by atoms with E-state index in [-0.39, 0.29) is 0 Å². The molecular formula is C24H30F3N5. The van der Waals surface area contributed by atoms with E-state index >= 15 is 0 Å². The second-order valence-corrected chi connectivity index (χ2v) is 8.38. The van der Waals surface area contributed by atoms with Crippen LogP contribution in [0.3, 0.4) is 0 Å². The van der Waals surface area contributed by atoms with Gasteiger partial charge in [-0.3, -0.25) is 0 Å². The van der Waals surface area contributed by atoms with E-state index in [0.717, 1.165) is 41.9 Å². The Kier molecular flexibility index (Phi) is 7.52. The quantitative estimate of drug-likeness (QED) is 0.401. The number of hydrogen-bond acceptors (Lipinski definition) is 4. The van der Waals surface area contributed by atoms with E-state index in [0.29, 0.717) is 23.7 Å². The van der Waals surface area contributed by atoms with E-state index in [9.17, 15) is 18.4 Å². The number of hydrogen-bond donors (Lipinski definition) is 3. The van der Waals surface area contributed by atoms with Crippen LogP contribution in [0.2, 0.25) is 0 Å². The number of nitrogens with zero attached hydrogens (tertiary/aromatic N) is 2. The Morgan fingerprint density at radius 1 is 1.31 bits per heavy atom. The maximum absolute atomic E-state index is 12.7. The molecule has 1 atom stereocenters. The summed E-state index contributed by atoms with van der Waals surface area (Å²) in [6.07, 6.45) is 6.49. The topological polar surface area (TPSA) is 78.8 Å². The van der Waals surface area contributed by atoms with Gasteiger partial charge >= 0.3 is 6.18 Å². The van der Waals surface area contributed by atoms with Crippen molar-refractivity contribution in [2.24, 2.45) is 5.73 Å². The molecule has 32 heavy (non-hydrogen) atoms. The first-order chi connectivity index (χ1) is 15.3. The first-order valence-corrected chi connectivity index (χ1v) is 11.0. The average molecular weight is 446 g/mol. The molecule has 1 saturated carbocycles. The van der Waals surface area contributed by atoms with E-state index in [1.165, 1.54) is 25.5 Å². The molecule has 0 saturated heterocycles. The van der Waals surface area contributed by atoms with Gasteiger partial charge in [0.2, 0.25) is 0 Å². The summed E-state index contributed by atoms with van der Waals surface area (Å²) < 4.78 is 40.4. The van der Waals surface area contributed by atoms with Crippen molar-refractivity contribution in [2.45, 2.75) is 70.6 Å². The predicted molar refractivity (Wildman–Crippen MR) is 120 cm³/mol. The summed E-state index contributed by atoms with van der Waals surface area (Å²) in [6, 6.07) is 7.15. The minimum Gasteiger partial charge on any atom is -0.403 e. The molecule has 0 radical (unpaired) electrons. The highest BCUT2D eigenvalue weighted by Crippen LogP contribution is 2.36. The van der Waals surface area contributed by atoms with Crippen molar-refractivity contribution in [2.75, 3.05) is 0 Å². The highest BCUT2D eigenvalue weighted by Gasteiger charge is 2.35. The predicted octanol–water partition coefficient (Wildman–Crippen LogP) is 5.27. The summed E-state index contributed by atoms with van der Waals surface area (Å²) in [5.74, 6) is 0. The van der Waals surface area contributed by atoms with Crippen LogP contribution in [0.4, 0.5) is 13.2 Å². The molecule has 172 valence electrons. The van der Waals surface area contributed by atoms with Crippen LogP contribution in [-0.4, -0.2) is 16.8 Å². The van der Waals surface area contributed by atoms with Crippen LogP contribution in [-0.2, 0) is 6.42 Å². The molecule has 0 aliphatic heterocycles. The number of rotatable bonds is 7. The molecule has 1 fully saturated rings. The third-order valence-electron chi connectivity index (χ3n) is 6.03. The third-order valence-corrected chi connectivity index (χ3v) is 6.03. The molecule has 0 unspecified atom stereocenters. The van der Waals surface area contributed by atoms with Gasteiger partial charge in [-0.2, -0.15) is 18.4 Å². The molecule has 1 aromatic heterocycles. The molecule has 1 aromatic carbocycles. The lowest BCUT2D eigenvalue weighted by Gasteiger charge is -2.26. The lowest BCUT2D eigenvalue weighted by molar-refractivity contribution is -0.153. The van der Waals surface area contributed by atoms with Crippen molar-refractivity contribution in [1.82, 2.24) is 15.4 Å². The smallest absolute Gasteiger partial charge is 0.403 e. The van der Waals surface area contributed by atoms with Crippen LogP contribution in [0.5, 0.6) is 0 Å². The van der Waals surface area contributed by atoms with Gasteiger partial charge in [0.15, 0.2) is 0 Å². The van der Waals surface area contributed by atoms with Gasteiger partial charge in [-0.25, -0.2) is 5.43 Å². The highest BCUT2D eigenvalue weighted by atomic mass is 19.4. The summed E-state index contributed by atoms with van der Waals surface area (Å²) in [7, 11) is 0. The van der Waals surface area contributed by atoms with Crippen LogP contribution < -0.4 is 16.6 Å². The minimum atomic E-state index is -4.36. The largest absolute Gasteiger partial charge is 0.405 e. The van der Waals surface area contributed by atoms with E-state index < -0.39 is 12.2 Å². The summed E-state index contributed by atoms with van der Waals surface area (Å²) >= 11 is 0. The lowest BCUT2D eigenvalue weighted by Crippen LogP contribution is -2.46. The van der Waals surface area contributed by atoms with Crippen molar-refractivity contribution >= 4 is 10.9 Å². The Balaban J connectivity index is 1.88. The molecule has 4 N–H and O–H groups in total. The van der Waals surface area contributed by atoms with Crippen LogP contribution >= 0.6 is 0 Å². The van der Waals surface area contributed by atoms with Crippen molar-refractivity contribution in [3.05, 3.63) is 59.1 Å². The molecule has 5 nitrogen and oxygen atoms in total. The molecule has 0 amide bonds. The van der Waals surface area contributed by atoms with Crippen LogP contribution in [0.1, 0.15) is 61.9 Å². The molecule has 1 heterocycles. The molecule has 1 aliphatic carbocycles. The molecular weight excluding hydrogens is 415 g/mol. The van der Waals surface area contributed by atoms with Gasteiger partial charge in [0, 0.05) is 29.7 Å². The van der Waals surface area contributed by atoms with E-state index in [4.69, 9.17) is 5.73 Å². The summed E-state index contributed by atoms with van der Waals surface area (Å²) in [5.41, 5.74) is 14.4. The Morgan fingerprint density at radius 2 is 2.03 bits per heavy atom. The number of nitrogens with two attached hydrogens (primary N) is 1. The monoisotopic (exact) mass is 445 g/mol. The molecule has 0 bridgehead atoms. The fraction of sp³-hybridized carbons (Fsp3) is 0.458. The summed E-state index contributed by atoms with van der Waals surface area (Å²) in [5, 5.41) is 10.9. The molecule has 1 aliphatic rings. The fourth-order valence-electron chi connectivity index (χ4n) is 4.27. The van der Waals surface area contributed by atoms with E-state index in [2.05, 4.69) is 27.6 Å². The van der Waals surface area contributed by atoms with Gasteiger partial charge in [0.25, 0.3) is 0 Å². The summed E-state index contributed by atoms with van der Waals surface area (Å²) in [4.78, 5) is 0. The Labute approximate surface area is 186 Å². The van der Waals surface area contributed by atoms with Gasteiger partial charge in [0.1, 0.15) is 12.1 Å². The first kappa shape index (κ1) is 23.7. The highest BCUT2D eigenvalue weighted by molar-refractivity contribution is 5.89. The fourth-order valence-corrected chi connectivity index (χ4v) is 4.27. The van der Waals surface area contributed by atoms with Crippen molar-refractivity contribution < 1.29 is 13.2 Å². The van der Waals surface area contributed by atoms with Crippen LogP contribution in [0.25, 0.3) is 10.9 Å². The van der Waals surface area contributed by atoms with Crippen LogP contribution in [0.15, 0.2) is 42.2 Å². The van der Waals surface area contributed by atoms with Gasteiger partial charge < -0.3 is 15.7 Å². The Bertz CT molecular complexity index is 1040. The van der Waals surface area contributed by atoms with Crippen molar-refractivity contribution in [3.63, 3.8) is 0 Å². The minimum absolute atomic E-state index is 0.316. The van der Waals surface area contributed by atoms with Crippen LogP contribution in [0, 0.1) is 18.3 Å². The van der Waals surface area contributed by atoms with Gasteiger partial charge in [-0.1, -0.05) is 37.5 Å². The number of allylic oxidation sites excluding steroid dienone is 2. The molecule has 3 rings (SSSR count). The second-order valence-electron chi connectivity index (χ2n) is 8.38. The number of benzene rings is 1. The zero-order valence-electron chi connectivity index (χ0n) is 18.5. The zero-order valence-corrected chi connectivity index (χ0v) is 18.5. The second kappa shape index (κ2) is 10.1. The standard InChI is InChI=1S/C24H30F3N5/c1-16-11-12-20-21(15-29)22(32(23(20)13-16)19-8-4-3-5-9-19)10-6-7-18(14-28)31-30-17(2)24(25,26)27/h6-7,11-14,17,19,30-31H,3-5,8-10,28H2,1-2H3/b7-6-,18-14+/t17-/m0/s1. The number of alkyl halides is 3. The number of aryl methyl sites for hydroxylation is 1. The number of halogens is 3. The molecule has 0 spiro atoms. The number of nitriles is 1. The van der Waals surface area contributed by atoms with Crippen molar-refractivity contribution in [1.29, 1.82) is 5.26 Å². The third kappa shape index (κ3) is 5.28. The number of hydrazine groups is 1.